The van der Waals surface area contributed by atoms with Crippen molar-refractivity contribution in [3.63, 3.8) is 0 Å². The summed E-state index contributed by atoms with van der Waals surface area (Å²) in [6.45, 7) is 7.16. The van der Waals surface area contributed by atoms with E-state index in [0.29, 0.717) is 6.42 Å². The molecule has 3 aromatic rings. The van der Waals surface area contributed by atoms with E-state index in [4.69, 9.17) is 0 Å². The third kappa shape index (κ3) is 7.66. The van der Waals surface area contributed by atoms with Gasteiger partial charge in [0.15, 0.2) is 0 Å². The van der Waals surface area contributed by atoms with Gasteiger partial charge < -0.3 is 10.2 Å². The molecule has 0 fully saturated rings. The van der Waals surface area contributed by atoms with Gasteiger partial charge >= 0.3 is 0 Å². The molecule has 9 heteroatoms. The largest absolute Gasteiger partial charge is 0.352 e. The minimum Gasteiger partial charge on any atom is -0.352 e. The number of amides is 2. The van der Waals surface area contributed by atoms with Crippen LogP contribution in [0.15, 0.2) is 83.8 Å². The molecule has 0 aliphatic heterocycles. The lowest BCUT2D eigenvalue weighted by molar-refractivity contribution is -0.140. The maximum absolute atomic E-state index is 14.0. The summed E-state index contributed by atoms with van der Waals surface area (Å²) in [4.78, 5) is 28.7. The number of carbonyl (C=O) groups excluding carboxylic acids is 2. The van der Waals surface area contributed by atoms with E-state index < -0.39 is 34.3 Å². The summed E-state index contributed by atoms with van der Waals surface area (Å²) in [6.07, 6.45) is 1.06. The van der Waals surface area contributed by atoms with Crippen molar-refractivity contribution in [2.75, 3.05) is 10.8 Å². The van der Waals surface area contributed by atoms with Crippen molar-refractivity contribution in [3.05, 3.63) is 95.8 Å². The Morgan fingerprint density at radius 3 is 2.08 bits per heavy atom. The van der Waals surface area contributed by atoms with Crippen LogP contribution in [-0.2, 0) is 26.2 Å². The van der Waals surface area contributed by atoms with Crippen molar-refractivity contribution >= 4 is 27.5 Å². The molecular weight excluding hydrogens is 517 g/mol. The highest BCUT2D eigenvalue weighted by molar-refractivity contribution is 7.92. The molecule has 0 saturated heterocycles. The summed E-state index contributed by atoms with van der Waals surface area (Å²) in [5.74, 6) is -1.38. The molecular formula is C30H36FN3O4S. The Morgan fingerprint density at radius 2 is 1.51 bits per heavy atom. The lowest BCUT2D eigenvalue weighted by Gasteiger charge is -2.33. The third-order valence-corrected chi connectivity index (χ3v) is 8.37. The van der Waals surface area contributed by atoms with E-state index in [1.165, 1.54) is 29.2 Å². The Balaban J connectivity index is 2.03. The molecule has 3 rings (SSSR count). The minimum absolute atomic E-state index is 0.00577. The van der Waals surface area contributed by atoms with Gasteiger partial charge in [0.05, 0.1) is 10.6 Å². The highest BCUT2D eigenvalue weighted by Crippen LogP contribution is 2.25. The zero-order valence-corrected chi connectivity index (χ0v) is 23.6. The lowest BCUT2D eigenvalue weighted by Crippen LogP contribution is -2.53. The zero-order valence-electron chi connectivity index (χ0n) is 22.8. The van der Waals surface area contributed by atoms with E-state index in [-0.39, 0.29) is 29.1 Å². The molecule has 0 spiro atoms. The Bertz CT molecular complexity index is 1350. The average Bonchev–Trinajstić information content (AvgIpc) is 2.93. The zero-order chi connectivity index (χ0) is 28.6. The van der Waals surface area contributed by atoms with E-state index in [1.807, 2.05) is 52.0 Å². The van der Waals surface area contributed by atoms with Crippen LogP contribution in [0.3, 0.4) is 0 Å². The van der Waals surface area contributed by atoms with Gasteiger partial charge in [0, 0.05) is 12.6 Å². The van der Waals surface area contributed by atoms with Crippen molar-refractivity contribution in [1.29, 1.82) is 0 Å². The van der Waals surface area contributed by atoms with Crippen LogP contribution in [0.2, 0.25) is 0 Å². The van der Waals surface area contributed by atoms with Gasteiger partial charge in [-0.1, -0.05) is 61.9 Å². The molecule has 1 N–H and O–H groups in total. The van der Waals surface area contributed by atoms with E-state index in [1.54, 1.807) is 18.2 Å². The number of hydrogen-bond acceptors (Lipinski definition) is 4. The summed E-state index contributed by atoms with van der Waals surface area (Å²) in [6, 6.07) is 19.4. The first kappa shape index (κ1) is 29.8. The predicted octanol–water partition coefficient (Wildman–Crippen LogP) is 5.05. The molecule has 2 atom stereocenters. The van der Waals surface area contributed by atoms with Crippen LogP contribution in [0.25, 0.3) is 0 Å². The van der Waals surface area contributed by atoms with Crippen molar-refractivity contribution in [3.8, 4) is 0 Å². The number of benzene rings is 3. The van der Waals surface area contributed by atoms with Crippen molar-refractivity contribution in [2.24, 2.45) is 0 Å². The van der Waals surface area contributed by atoms with E-state index in [0.717, 1.165) is 34.0 Å². The highest BCUT2D eigenvalue weighted by atomic mass is 32.2. The topological polar surface area (TPSA) is 86.8 Å². The molecule has 0 aromatic heterocycles. The number of sulfonamides is 1. The fourth-order valence-electron chi connectivity index (χ4n) is 4.11. The summed E-state index contributed by atoms with van der Waals surface area (Å²) in [5.41, 5.74) is 2.00. The predicted molar refractivity (Wildman–Crippen MR) is 151 cm³/mol. The fourth-order valence-corrected chi connectivity index (χ4v) is 5.54. The van der Waals surface area contributed by atoms with Gasteiger partial charge in [-0.15, -0.1) is 0 Å². The summed E-state index contributed by atoms with van der Waals surface area (Å²) < 4.78 is 42.1. The van der Waals surface area contributed by atoms with Gasteiger partial charge in [0.1, 0.15) is 18.4 Å². The monoisotopic (exact) mass is 553 g/mol. The standard InChI is InChI=1S/C30H36FN3O4S/c1-5-23(4)32-30(36)28(6-2)33(20-24-14-12-22(3)13-15-24)29(35)21-34(26-18-16-25(31)17-19-26)39(37,38)27-10-8-7-9-11-27/h7-19,23,28H,5-6,20-21H2,1-4H3,(H,32,36)/t23-,28-/m1/s1. The molecule has 0 bridgehead atoms. The molecule has 7 nitrogen and oxygen atoms in total. The second-order valence-electron chi connectivity index (χ2n) is 9.55. The molecule has 0 saturated carbocycles. The van der Waals surface area contributed by atoms with Crippen LogP contribution in [0.4, 0.5) is 10.1 Å². The number of halogens is 1. The van der Waals surface area contributed by atoms with Crippen molar-refractivity contribution < 1.29 is 22.4 Å². The van der Waals surface area contributed by atoms with Crippen LogP contribution in [-0.4, -0.2) is 43.8 Å². The number of rotatable bonds is 12. The number of nitrogens with zero attached hydrogens (tertiary/aromatic N) is 2. The first-order valence-electron chi connectivity index (χ1n) is 13.1. The number of aryl methyl sites for hydroxylation is 1. The third-order valence-electron chi connectivity index (χ3n) is 6.59. The smallest absolute Gasteiger partial charge is 0.264 e. The van der Waals surface area contributed by atoms with Crippen LogP contribution in [0.1, 0.15) is 44.7 Å². The van der Waals surface area contributed by atoms with Gasteiger partial charge in [0.25, 0.3) is 10.0 Å². The van der Waals surface area contributed by atoms with Crippen LogP contribution in [0, 0.1) is 12.7 Å². The Kier molecular flexibility index (Phi) is 10.2. The molecule has 0 radical (unpaired) electrons. The molecule has 0 aliphatic carbocycles. The fraction of sp³-hybridized carbons (Fsp3) is 0.333. The second kappa shape index (κ2) is 13.4. The first-order valence-corrected chi connectivity index (χ1v) is 14.5. The van der Waals surface area contributed by atoms with Gasteiger partial charge in [0.2, 0.25) is 11.8 Å². The number of carbonyl (C=O) groups is 2. The second-order valence-corrected chi connectivity index (χ2v) is 11.4. The Morgan fingerprint density at radius 1 is 0.897 bits per heavy atom. The molecule has 2 amide bonds. The molecule has 0 heterocycles. The molecule has 208 valence electrons. The maximum atomic E-state index is 14.0. The van der Waals surface area contributed by atoms with Crippen molar-refractivity contribution in [2.45, 2.75) is 64.1 Å². The molecule has 39 heavy (non-hydrogen) atoms. The molecule has 3 aromatic carbocycles. The Hall–Kier alpha value is -3.72. The van der Waals surface area contributed by atoms with Crippen molar-refractivity contribution in [1.82, 2.24) is 10.2 Å². The van der Waals surface area contributed by atoms with Crippen LogP contribution in [0.5, 0.6) is 0 Å². The van der Waals surface area contributed by atoms with Crippen LogP contribution >= 0.6 is 0 Å². The van der Waals surface area contributed by atoms with Gasteiger partial charge in [-0.25, -0.2) is 12.8 Å². The first-order chi connectivity index (χ1) is 18.6. The summed E-state index contributed by atoms with van der Waals surface area (Å²) in [5, 5.41) is 2.95. The molecule has 0 unspecified atom stereocenters. The maximum Gasteiger partial charge on any atom is 0.264 e. The average molecular weight is 554 g/mol. The van der Waals surface area contributed by atoms with Gasteiger partial charge in [-0.2, -0.15) is 0 Å². The summed E-state index contributed by atoms with van der Waals surface area (Å²) >= 11 is 0. The number of nitrogens with one attached hydrogen (secondary N) is 1. The van der Waals surface area contributed by atoms with Gasteiger partial charge in [-0.05, 0) is 68.7 Å². The quantitative estimate of drug-likeness (QED) is 0.340. The van der Waals surface area contributed by atoms with E-state index >= 15 is 0 Å². The number of anilines is 1. The van der Waals surface area contributed by atoms with Crippen LogP contribution < -0.4 is 9.62 Å². The highest BCUT2D eigenvalue weighted by Gasteiger charge is 2.33. The minimum atomic E-state index is -4.19. The Labute approximate surface area is 230 Å². The number of hydrogen-bond donors (Lipinski definition) is 1. The summed E-state index contributed by atoms with van der Waals surface area (Å²) in [7, 11) is -4.19. The van der Waals surface area contributed by atoms with Gasteiger partial charge in [-0.3, -0.25) is 13.9 Å². The normalized spacial score (nSPS) is 12.8. The lowest BCUT2D eigenvalue weighted by atomic mass is 10.1. The SMILES string of the molecule is CC[C@@H](C)NC(=O)[C@@H](CC)N(Cc1ccc(C)cc1)C(=O)CN(c1ccc(F)cc1)S(=O)(=O)c1ccccc1. The van der Waals surface area contributed by atoms with E-state index in [2.05, 4.69) is 5.32 Å². The molecule has 0 aliphatic rings. The van der Waals surface area contributed by atoms with E-state index in [9.17, 15) is 22.4 Å².